The minimum absolute atomic E-state index is 0.186. The predicted octanol–water partition coefficient (Wildman–Crippen LogP) is 3.70. The van der Waals surface area contributed by atoms with Gasteiger partial charge >= 0.3 is 5.97 Å². The van der Waals surface area contributed by atoms with Crippen LogP contribution in [0.4, 0.5) is 0 Å². The van der Waals surface area contributed by atoms with Crippen LogP contribution in [0.5, 0.6) is 5.75 Å². The Bertz CT molecular complexity index is 464. The number of carboxylic acids is 1. The maximum atomic E-state index is 11.3. The zero-order chi connectivity index (χ0) is 14.1. The molecule has 0 aliphatic rings. The van der Waals surface area contributed by atoms with Crippen LogP contribution >= 0.6 is 11.6 Å². The van der Waals surface area contributed by atoms with E-state index in [0.717, 1.165) is 5.56 Å². The molecule has 1 aromatic carbocycles. The SMILES string of the molecule is C[SiH](C)Oc1c(C(=O)O)ccc(Cl)c1C(C)(C)C. The Morgan fingerprint density at radius 3 is 2.28 bits per heavy atom. The van der Waals surface area contributed by atoms with Crippen molar-refractivity contribution in [1.29, 1.82) is 0 Å². The van der Waals surface area contributed by atoms with Crippen LogP contribution in [0.1, 0.15) is 36.7 Å². The summed E-state index contributed by atoms with van der Waals surface area (Å²) in [5.74, 6) is -0.550. The Labute approximate surface area is 114 Å². The van der Waals surface area contributed by atoms with E-state index in [1.54, 1.807) is 6.07 Å². The zero-order valence-electron chi connectivity index (χ0n) is 11.4. The van der Waals surface area contributed by atoms with Gasteiger partial charge in [-0.3, -0.25) is 0 Å². The van der Waals surface area contributed by atoms with Crippen molar-refractivity contribution < 1.29 is 14.3 Å². The summed E-state index contributed by atoms with van der Waals surface area (Å²) in [6.45, 7) is 9.98. The molecule has 1 N–H and O–H groups in total. The third-order valence-electron chi connectivity index (χ3n) is 2.44. The molecule has 3 nitrogen and oxygen atoms in total. The lowest BCUT2D eigenvalue weighted by molar-refractivity contribution is 0.0694. The summed E-state index contributed by atoms with van der Waals surface area (Å²) in [4.78, 5) is 11.3. The highest BCUT2D eigenvalue weighted by atomic mass is 35.5. The fourth-order valence-electron chi connectivity index (χ4n) is 1.78. The summed E-state index contributed by atoms with van der Waals surface area (Å²) in [5.41, 5.74) is 0.692. The normalized spacial score (nSPS) is 11.7. The first kappa shape index (κ1) is 15.1. The number of benzene rings is 1. The van der Waals surface area contributed by atoms with E-state index in [4.69, 9.17) is 16.0 Å². The first-order valence-electron chi connectivity index (χ1n) is 5.87. The summed E-state index contributed by atoms with van der Waals surface area (Å²) in [5, 5.41) is 9.80. The molecule has 0 bridgehead atoms. The van der Waals surface area contributed by atoms with Gasteiger partial charge < -0.3 is 9.53 Å². The number of carbonyl (C=O) groups is 1. The highest BCUT2D eigenvalue weighted by molar-refractivity contribution is 6.49. The van der Waals surface area contributed by atoms with Gasteiger partial charge in [-0.15, -0.1) is 0 Å². The van der Waals surface area contributed by atoms with Gasteiger partial charge in [0.25, 0.3) is 0 Å². The summed E-state index contributed by atoms with van der Waals surface area (Å²) in [6, 6.07) is 3.13. The van der Waals surface area contributed by atoms with Gasteiger partial charge in [0.05, 0.1) is 0 Å². The molecule has 0 radical (unpaired) electrons. The van der Waals surface area contributed by atoms with Crippen LogP contribution < -0.4 is 4.43 Å². The van der Waals surface area contributed by atoms with Crippen LogP contribution in [0.25, 0.3) is 0 Å². The van der Waals surface area contributed by atoms with Crippen molar-refractivity contribution in [3.63, 3.8) is 0 Å². The van der Waals surface area contributed by atoms with E-state index < -0.39 is 15.0 Å². The molecule has 0 saturated carbocycles. The third-order valence-corrected chi connectivity index (χ3v) is 3.46. The van der Waals surface area contributed by atoms with Gasteiger partial charge in [-0.1, -0.05) is 32.4 Å². The van der Waals surface area contributed by atoms with Gasteiger partial charge in [0.2, 0.25) is 9.04 Å². The predicted molar refractivity (Wildman–Crippen MR) is 76.6 cm³/mol. The van der Waals surface area contributed by atoms with Crippen molar-refractivity contribution in [2.75, 3.05) is 0 Å². The van der Waals surface area contributed by atoms with Crippen LogP contribution in [0.3, 0.4) is 0 Å². The second kappa shape index (κ2) is 5.32. The Balaban J connectivity index is 3.55. The molecule has 0 spiro atoms. The molecule has 0 amide bonds. The number of carboxylic acid groups (broad SMARTS) is 1. The standard InChI is InChI=1S/C13H19ClO3Si/c1-13(2,3)10-9(14)7-6-8(12(15)16)11(10)17-18(4)5/h6-7,18H,1-5H3,(H,15,16). The van der Waals surface area contributed by atoms with Crippen molar-refractivity contribution in [2.45, 2.75) is 39.3 Å². The molecule has 0 aromatic heterocycles. The lowest BCUT2D eigenvalue weighted by atomic mass is 9.85. The molecular formula is C13H19ClO3Si. The van der Waals surface area contributed by atoms with Crippen LogP contribution in [0, 0.1) is 0 Å². The molecule has 100 valence electrons. The van der Waals surface area contributed by atoms with Gasteiger partial charge in [0.15, 0.2) is 0 Å². The average Bonchev–Trinajstić information content (AvgIpc) is 2.13. The topological polar surface area (TPSA) is 46.5 Å². The monoisotopic (exact) mass is 286 g/mol. The molecule has 1 rings (SSSR count). The first-order chi connectivity index (χ1) is 8.14. The van der Waals surface area contributed by atoms with E-state index in [1.807, 2.05) is 33.9 Å². The van der Waals surface area contributed by atoms with E-state index in [9.17, 15) is 9.90 Å². The van der Waals surface area contributed by atoms with Gasteiger partial charge in [0.1, 0.15) is 11.3 Å². The molecule has 0 aliphatic carbocycles. The van der Waals surface area contributed by atoms with Gasteiger partial charge in [-0.25, -0.2) is 4.79 Å². The summed E-state index contributed by atoms with van der Waals surface area (Å²) in [6.07, 6.45) is 0. The van der Waals surface area contributed by atoms with Crippen LogP contribution in [-0.2, 0) is 5.41 Å². The van der Waals surface area contributed by atoms with E-state index in [0.29, 0.717) is 10.8 Å². The highest BCUT2D eigenvalue weighted by Gasteiger charge is 2.27. The molecule has 0 heterocycles. The molecule has 1 aromatic rings. The minimum atomic E-state index is -1.41. The number of aromatic carboxylic acids is 1. The average molecular weight is 287 g/mol. The van der Waals surface area contributed by atoms with E-state index >= 15 is 0 Å². The van der Waals surface area contributed by atoms with Crippen LogP contribution in [0.2, 0.25) is 18.1 Å². The summed E-state index contributed by atoms with van der Waals surface area (Å²) >= 11 is 6.22. The first-order valence-corrected chi connectivity index (χ1v) is 9.03. The quantitative estimate of drug-likeness (QED) is 0.862. The lowest BCUT2D eigenvalue weighted by Crippen LogP contribution is -2.21. The van der Waals surface area contributed by atoms with E-state index in [2.05, 4.69) is 0 Å². The molecule has 5 heteroatoms. The van der Waals surface area contributed by atoms with E-state index in [1.165, 1.54) is 6.07 Å². The zero-order valence-corrected chi connectivity index (χ0v) is 13.3. The summed E-state index contributed by atoms with van der Waals surface area (Å²) in [7, 11) is -1.41. The van der Waals surface area contributed by atoms with Crippen molar-refractivity contribution in [2.24, 2.45) is 0 Å². The Morgan fingerprint density at radius 1 is 1.33 bits per heavy atom. The molecular weight excluding hydrogens is 268 g/mol. The summed E-state index contributed by atoms with van der Waals surface area (Å²) < 4.78 is 5.82. The second-order valence-corrected chi connectivity index (χ2v) is 8.26. The highest BCUT2D eigenvalue weighted by Crippen LogP contribution is 2.39. The molecule has 0 saturated heterocycles. The Kier molecular flexibility index (Phi) is 4.45. The fraction of sp³-hybridized carbons (Fsp3) is 0.462. The second-order valence-electron chi connectivity index (χ2n) is 5.52. The maximum Gasteiger partial charge on any atom is 0.339 e. The number of rotatable bonds is 3. The van der Waals surface area contributed by atoms with Crippen LogP contribution in [0.15, 0.2) is 12.1 Å². The molecule has 0 aliphatic heterocycles. The van der Waals surface area contributed by atoms with Crippen molar-refractivity contribution in [3.8, 4) is 5.75 Å². The largest absolute Gasteiger partial charge is 0.546 e. The fourth-order valence-corrected chi connectivity index (χ4v) is 2.93. The van der Waals surface area contributed by atoms with E-state index in [-0.39, 0.29) is 11.0 Å². The smallest absolute Gasteiger partial charge is 0.339 e. The van der Waals surface area contributed by atoms with Crippen LogP contribution in [-0.4, -0.2) is 20.1 Å². The molecule has 0 fully saturated rings. The third kappa shape index (κ3) is 3.27. The lowest BCUT2D eigenvalue weighted by Gasteiger charge is -2.26. The number of hydrogen-bond donors (Lipinski definition) is 1. The van der Waals surface area contributed by atoms with Gasteiger partial charge in [-0.2, -0.15) is 0 Å². The van der Waals surface area contributed by atoms with Gasteiger partial charge in [-0.05, 0) is 30.6 Å². The molecule has 0 unspecified atom stereocenters. The van der Waals surface area contributed by atoms with Gasteiger partial charge in [0, 0.05) is 10.6 Å². The molecule has 18 heavy (non-hydrogen) atoms. The number of halogens is 1. The Morgan fingerprint density at radius 2 is 1.89 bits per heavy atom. The minimum Gasteiger partial charge on any atom is -0.546 e. The Hall–Kier alpha value is -1.00. The maximum absolute atomic E-state index is 11.3. The van der Waals surface area contributed by atoms with Crippen molar-refractivity contribution >= 4 is 26.6 Å². The van der Waals surface area contributed by atoms with Crippen molar-refractivity contribution in [3.05, 3.63) is 28.3 Å². The number of hydrogen-bond acceptors (Lipinski definition) is 2. The van der Waals surface area contributed by atoms with Crippen molar-refractivity contribution in [1.82, 2.24) is 0 Å². The molecule has 0 atom stereocenters.